The predicted molar refractivity (Wildman–Crippen MR) is 283 cm³/mol. The molecular weight excluding hydrogens is 893 g/mol. The fraction of sp³-hybridized carbons (Fsp3) is 0.233. The highest BCUT2D eigenvalue weighted by Crippen LogP contribution is 2.35. The van der Waals surface area contributed by atoms with E-state index in [1.807, 2.05) is 158 Å². The van der Waals surface area contributed by atoms with E-state index in [0.717, 1.165) is 94.4 Å². The van der Waals surface area contributed by atoms with Crippen LogP contribution in [0.3, 0.4) is 0 Å². The molecule has 0 aliphatic carbocycles. The van der Waals surface area contributed by atoms with Crippen LogP contribution >= 0.6 is 0 Å². The van der Waals surface area contributed by atoms with Crippen molar-refractivity contribution < 1.29 is 9.59 Å². The number of aryl methyl sites for hydroxylation is 4. The minimum absolute atomic E-state index is 0.0658. The van der Waals surface area contributed by atoms with Crippen molar-refractivity contribution in [1.29, 1.82) is 10.5 Å². The lowest BCUT2D eigenvalue weighted by atomic mass is 9.96. The molecule has 0 spiro atoms. The van der Waals surface area contributed by atoms with Crippen LogP contribution < -0.4 is 20.4 Å². The Bertz CT molecular complexity index is 2990. The molecule has 4 heterocycles. The average molecular weight is 951 g/mol. The third-order valence-electron chi connectivity index (χ3n) is 13.5. The van der Waals surface area contributed by atoms with Gasteiger partial charge in [-0.05, 0) is 132 Å². The number of aromatic nitrogens is 4. The molecule has 0 radical (unpaired) electrons. The number of amides is 2. The van der Waals surface area contributed by atoms with Crippen LogP contribution in [-0.4, -0.2) is 57.6 Å². The molecule has 2 amide bonds. The van der Waals surface area contributed by atoms with Crippen LogP contribution in [0, 0.1) is 22.7 Å². The molecule has 2 aliphatic rings. The van der Waals surface area contributed by atoms with Gasteiger partial charge in [0, 0.05) is 75.2 Å². The van der Waals surface area contributed by atoms with Gasteiger partial charge in [-0.2, -0.15) is 20.7 Å². The molecule has 12 heteroatoms. The van der Waals surface area contributed by atoms with Crippen LogP contribution in [0.4, 0.5) is 11.4 Å². The molecule has 0 saturated heterocycles. The summed E-state index contributed by atoms with van der Waals surface area (Å²) < 4.78 is 3.61. The molecule has 6 aromatic carbocycles. The van der Waals surface area contributed by atoms with E-state index in [1.165, 1.54) is 11.1 Å². The van der Waals surface area contributed by atoms with Gasteiger partial charge in [0.1, 0.15) is 12.1 Å². The van der Waals surface area contributed by atoms with E-state index in [9.17, 15) is 9.59 Å². The fourth-order valence-electron chi connectivity index (χ4n) is 9.66. The maximum atomic E-state index is 14.0. The van der Waals surface area contributed by atoms with Gasteiger partial charge >= 0.3 is 0 Å². The number of nitrogens with one attached hydrogen (secondary N) is 2. The first-order valence-corrected chi connectivity index (χ1v) is 24.7. The maximum Gasteiger partial charge on any atom is 0.248 e. The second kappa shape index (κ2) is 23.0. The number of nitriles is 2. The molecule has 0 fully saturated rings. The van der Waals surface area contributed by atoms with Crippen LogP contribution in [0.1, 0.15) is 69.4 Å². The Kier molecular flexibility index (Phi) is 15.5. The van der Waals surface area contributed by atoms with Gasteiger partial charge in [0.2, 0.25) is 11.8 Å². The molecule has 2 atom stereocenters. The predicted octanol–water partition coefficient (Wildman–Crippen LogP) is 9.62. The van der Waals surface area contributed by atoms with Crippen molar-refractivity contribution in [3.05, 3.63) is 215 Å². The number of anilines is 2. The van der Waals surface area contributed by atoms with Gasteiger partial charge in [-0.15, -0.1) is 0 Å². The van der Waals surface area contributed by atoms with Crippen molar-refractivity contribution in [1.82, 2.24) is 30.2 Å². The monoisotopic (exact) mass is 950 g/mol. The minimum Gasteiger partial charge on any atom is -0.310 e. The van der Waals surface area contributed by atoms with E-state index in [2.05, 4.69) is 69.4 Å². The zero-order valence-corrected chi connectivity index (χ0v) is 40.8. The molecule has 10 rings (SSSR count). The van der Waals surface area contributed by atoms with Crippen LogP contribution in [-0.2, 0) is 49.4 Å². The van der Waals surface area contributed by atoms with Crippen LogP contribution in [0.2, 0.25) is 0 Å². The summed E-state index contributed by atoms with van der Waals surface area (Å²) in [5.41, 5.74) is 14.3. The van der Waals surface area contributed by atoms with Gasteiger partial charge in [-0.3, -0.25) is 19.0 Å². The second-order valence-electron chi connectivity index (χ2n) is 18.4. The molecule has 2 N–H and O–H groups in total. The van der Waals surface area contributed by atoms with E-state index >= 15 is 0 Å². The first-order valence-electron chi connectivity index (χ1n) is 24.7. The Morgan fingerprint density at radius 3 is 1.31 bits per heavy atom. The van der Waals surface area contributed by atoms with Gasteiger partial charge < -0.3 is 20.4 Å². The van der Waals surface area contributed by atoms with E-state index in [0.29, 0.717) is 37.3 Å². The summed E-state index contributed by atoms with van der Waals surface area (Å²) in [6, 6.07) is 51.2. The van der Waals surface area contributed by atoms with Crippen molar-refractivity contribution in [3.63, 3.8) is 0 Å². The third-order valence-corrected chi connectivity index (χ3v) is 13.5. The first kappa shape index (κ1) is 48.6. The Morgan fingerprint density at radius 2 is 0.944 bits per heavy atom. The number of hydrogen-bond donors (Lipinski definition) is 2. The lowest BCUT2D eigenvalue weighted by Crippen LogP contribution is -2.44. The van der Waals surface area contributed by atoms with Crippen molar-refractivity contribution in [2.75, 3.05) is 36.0 Å². The Hall–Kier alpha value is -8.42. The van der Waals surface area contributed by atoms with Gasteiger partial charge in [-0.1, -0.05) is 97.1 Å². The Morgan fingerprint density at radius 1 is 0.542 bits per heavy atom. The molecule has 12 nitrogen and oxygen atoms in total. The van der Waals surface area contributed by atoms with Gasteiger partial charge in [0.15, 0.2) is 0 Å². The maximum absolute atomic E-state index is 14.0. The van der Waals surface area contributed by atoms with Crippen LogP contribution in [0.25, 0.3) is 22.3 Å². The summed E-state index contributed by atoms with van der Waals surface area (Å²) >= 11 is 0. The van der Waals surface area contributed by atoms with Gasteiger partial charge in [-0.25, -0.2) is 0 Å². The van der Waals surface area contributed by atoms with Crippen molar-refractivity contribution in [2.24, 2.45) is 14.1 Å². The lowest BCUT2D eigenvalue weighted by molar-refractivity contribution is -0.121. The Balaban J connectivity index is 0.000000178. The molecule has 8 aromatic rings. The molecule has 0 bridgehead atoms. The van der Waals surface area contributed by atoms with Crippen molar-refractivity contribution in [2.45, 2.75) is 50.6 Å². The standard InChI is InChI=1S/2C30H29N5O/c2*1-34-21-27(20-33-34)25-13-14-28-26(18-25)8-5-17-35(28)30(36)29(24-6-3-2-4-7-24)32-16-15-22-9-11-23(19-31)12-10-22/h2*2-4,6-7,9-14,18,20-21,29,32H,5,8,15-17H2,1H3/t2*29-/m10/s1. The highest BCUT2D eigenvalue weighted by Gasteiger charge is 2.31. The summed E-state index contributed by atoms with van der Waals surface area (Å²) in [4.78, 5) is 31.8. The quantitative estimate of drug-likeness (QED) is 0.110. The molecule has 2 aliphatic heterocycles. The molecular formula is C60H58N10O2. The molecule has 360 valence electrons. The number of fused-ring (bicyclic) bond motifs is 2. The highest BCUT2D eigenvalue weighted by atomic mass is 16.2. The van der Waals surface area contributed by atoms with Crippen LogP contribution in [0.15, 0.2) is 170 Å². The zero-order valence-electron chi connectivity index (χ0n) is 40.8. The Labute approximate surface area is 421 Å². The number of benzene rings is 6. The molecule has 0 unspecified atom stereocenters. The summed E-state index contributed by atoms with van der Waals surface area (Å²) in [5, 5.41) is 33.7. The average Bonchev–Trinajstić information content (AvgIpc) is 4.09. The summed E-state index contributed by atoms with van der Waals surface area (Å²) in [5.74, 6) is 0.132. The molecule has 0 saturated carbocycles. The number of rotatable bonds is 14. The summed E-state index contributed by atoms with van der Waals surface area (Å²) in [7, 11) is 3.83. The number of carbonyl (C=O) groups excluding carboxylic acids is 2. The summed E-state index contributed by atoms with van der Waals surface area (Å²) in [6.45, 7) is 2.72. The first-order chi connectivity index (χ1) is 35.2. The van der Waals surface area contributed by atoms with E-state index < -0.39 is 12.1 Å². The fourth-order valence-corrected chi connectivity index (χ4v) is 9.66. The van der Waals surface area contributed by atoms with Crippen LogP contribution in [0.5, 0.6) is 0 Å². The van der Waals surface area contributed by atoms with E-state index in [1.54, 1.807) is 9.36 Å². The smallest absolute Gasteiger partial charge is 0.248 e. The molecule has 2 aromatic heterocycles. The van der Waals surface area contributed by atoms with Crippen molar-refractivity contribution in [3.8, 4) is 34.4 Å². The topological polar surface area (TPSA) is 148 Å². The zero-order chi connectivity index (χ0) is 49.8. The lowest BCUT2D eigenvalue weighted by Gasteiger charge is -2.33. The third kappa shape index (κ3) is 11.6. The van der Waals surface area contributed by atoms with Gasteiger partial charge in [0.05, 0.1) is 35.7 Å². The molecule has 72 heavy (non-hydrogen) atoms. The van der Waals surface area contributed by atoms with Gasteiger partial charge in [0.25, 0.3) is 0 Å². The number of nitrogens with zero attached hydrogens (tertiary/aromatic N) is 8. The van der Waals surface area contributed by atoms with Crippen molar-refractivity contribution >= 4 is 23.2 Å². The highest BCUT2D eigenvalue weighted by molar-refractivity contribution is 6.00. The minimum atomic E-state index is -0.437. The van der Waals surface area contributed by atoms with E-state index in [-0.39, 0.29) is 11.8 Å². The van der Waals surface area contributed by atoms with E-state index in [4.69, 9.17) is 10.5 Å². The number of carbonyl (C=O) groups is 2. The summed E-state index contributed by atoms with van der Waals surface area (Å²) in [6.07, 6.45) is 13.1. The SMILES string of the molecule is Cn1cc(-c2ccc3c(c2)CCCN3C(=O)[C@@H](NCCc2ccc(C#N)cc2)c2ccccc2)cn1.Cn1cc(-c2ccc3c(c2)CCCN3C(=O)[C@H](NCCc2ccc(C#N)cc2)c2ccccc2)cn1. The largest absolute Gasteiger partial charge is 0.310 e. The number of hydrogen-bond acceptors (Lipinski definition) is 8. The second-order valence-corrected chi connectivity index (χ2v) is 18.4. The normalized spacial score (nSPS) is 13.6.